The maximum absolute atomic E-state index is 11.0. The van der Waals surface area contributed by atoms with Crippen LogP contribution < -0.4 is 10.2 Å². The fourth-order valence-electron chi connectivity index (χ4n) is 1.50. The Labute approximate surface area is 108 Å². The van der Waals surface area contributed by atoms with E-state index in [-0.39, 0.29) is 11.3 Å². The van der Waals surface area contributed by atoms with Gasteiger partial charge in [0.05, 0.1) is 12.7 Å². The summed E-state index contributed by atoms with van der Waals surface area (Å²) in [6, 6.07) is 7.59. The van der Waals surface area contributed by atoms with Crippen LogP contribution in [-0.2, 0) is 4.57 Å². The zero-order valence-corrected chi connectivity index (χ0v) is 11.0. The molecule has 5 nitrogen and oxygen atoms in total. The largest absolute Gasteiger partial charge is 0.496 e. The second-order valence-electron chi connectivity index (χ2n) is 3.53. The van der Waals surface area contributed by atoms with Crippen LogP contribution >= 0.6 is 19.2 Å². The van der Waals surface area contributed by atoms with E-state index in [2.05, 4.69) is 0 Å². The first-order valence-electron chi connectivity index (χ1n) is 4.91. The van der Waals surface area contributed by atoms with Gasteiger partial charge in [0, 0.05) is 5.02 Å². The Morgan fingerprint density at radius 1 is 1.28 bits per heavy atom. The second-order valence-corrected chi connectivity index (χ2v) is 5.49. The topological polar surface area (TPSA) is 79.9 Å². The van der Waals surface area contributed by atoms with Gasteiger partial charge in [0.1, 0.15) is 11.5 Å². The highest BCUT2D eigenvalue weighted by molar-refractivity contribution is 7.59. The summed E-state index contributed by atoms with van der Waals surface area (Å²) in [4.78, 5) is 18.0. The molecule has 0 saturated heterocycles. The summed E-state index contributed by atoms with van der Waals surface area (Å²) in [5, 5.41) is 0.472. The zero-order chi connectivity index (χ0) is 13.3. The molecular weight excluding hydrogens is 279 g/mol. The number of rotatable bonds is 3. The van der Waals surface area contributed by atoms with Crippen LogP contribution in [0.15, 0.2) is 34.7 Å². The van der Waals surface area contributed by atoms with Gasteiger partial charge < -0.3 is 18.9 Å². The van der Waals surface area contributed by atoms with E-state index in [0.29, 0.717) is 16.3 Å². The molecule has 2 rings (SSSR count). The third-order valence-corrected chi connectivity index (χ3v) is 3.36. The third kappa shape index (κ3) is 2.60. The van der Waals surface area contributed by atoms with Crippen LogP contribution in [0.5, 0.6) is 5.75 Å². The Bertz CT molecular complexity index is 616. The van der Waals surface area contributed by atoms with Gasteiger partial charge in [-0.15, -0.1) is 0 Å². The van der Waals surface area contributed by atoms with Crippen molar-refractivity contribution in [1.29, 1.82) is 0 Å². The molecule has 0 bridgehead atoms. The minimum Gasteiger partial charge on any atom is -0.496 e. The van der Waals surface area contributed by atoms with Gasteiger partial charge >= 0.3 is 7.60 Å². The summed E-state index contributed by atoms with van der Waals surface area (Å²) >= 11 is 5.87. The van der Waals surface area contributed by atoms with Crippen LogP contribution in [0.25, 0.3) is 11.3 Å². The molecule has 0 fully saturated rings. The smallest absolute Gasteiger partial charge is 0.391 e. The lowest BCUT2D eigenvalue weighted by molar-refractivity contribution is 0.377. The van der Waals surface area contributed by atoms with Crippen LogP contribution in [0.1, 0.15) is 0 Å². The number of hydrogen-bond acceptors (Lipinski definition) is 3. The van der Waals surface area contributed by atoms with Crippen LogP contribution in [0.2, 0.25) is 5.02 Å². The lowest BCUT2D eigenvalue weighted by atomic mass is 10.1. The van der Waals surface area contributed by atoms with Gasteiger partial charge in [-0.3, -0.25) is 4.57 Å². The van der Waals surface area contributed by atoms with Crippen molar-refractivity contribution in [3.8, 4) is 17.1 Å². The maximum atomic E-state index is 11.0. The molecule has 2 N–H and O–H groups in total. The maximum Gasteiger partial charge on any atom is 0.391 e. The molecule has 1 heterocycles. The molecule has 96 valence electrons. The average Bonchev–Trinajstić information content (AvgIpc) is 2.77. The second kappa shape index (κ2) is 4.78. The monoisotopic (exact) mass is 288 g/mol. The number of benzene rings is 1. The molecular formula is C11H10ClO5P. The van der Waals surface area contributed by atoms with Gasteiger partial charge in [0.25, 0.3) is 0 Å². The molecule has 2 aromatic rings. The predicted molar refractivity (Wildman–Crippen MR) is 67.4 cm³/mol. The van der Waals surface area contributed by atoms with E-state index < -0.39 is 7.60 Å². The minimum atomic E-state index is -4.39. The van der Waals surface area contributed by atoms with Gasteiger partial charge in [0.15, 0.2) is 0 Å². The lowest BCUT2D eigenvalue weighted by Gasteiger charge is -2.06. The van der Waals surface area contributed by atoms with Crippen molar-refractivity contribution in [2.45, 2.75) is 0 Å². The standard InChI is InChI=1S/C11H10ClO5P/c1-16-9-3-2-7(12)6-8(9)10-4-5-11(17-10)18(13,14)15/h2-6H,1H3,(H2,13,14,15). The number of methoxy groups -OCH3 is 1. The summed E-state index contributed by atoms with van der Waals surface area (Å²) in [5.41, 5.74) is 0.143. The highest BCUT2D eigenvalue weighted by atomic mass is 35.5. The van der Waals surface area contributed by atoms with Crippen molar-refractivity contribution >= 4 is 24.7 Å². The highest BCUT2D eigenvalue weighted by Gasteiger charge is 2.23. The molecule has 0 aliphatic carbocycles. The van der Waals surface area contributed by atoms with Crippen LogP contribution in [0.4, 0.5) is 0 Å². The lowest BCUT2D eigenvalue weighted by Crippen LogP contribution is -1.98. The van der Waals surface area contributed by atoms with Gasteiger partial charge in [-0.2, -0.15) is 0 Å². The quantitative estimate of drug-likeness (QED) is 0.848. The van der Waals surface area contributed by atoms with Crippen molar-refractivity contribution in [2.24, 2.45) is 0 Å². The van der Waals surface area contributed by atoms with Crippen molar-refractivity contribution < 1.29 is 23.5 Å². The molecule has 0 atom stereocenters. The molecule has 1 aromatic heterocycles. The van der Waals surface area contributed by atoms with Gasteiger partial charge in [-0.1, -0.05) is 11.6 Å². The van der Waals surface area contributed by atoms with Crippen LogP contribution in [0, 0.1) is 0 Å². The van der Waals surface area contributed by atoms with Crippen LogP contribution in [-0.4, -0.2) is 16.9 Å². The summed E-state index contributed by atoms with van der Waals surface area (Å²) < 4.78 is 21.3. The molecule has 7 heteroatoms. The third-order valence-electron chi connectivity index (χ3n) is 2.31. The molecule has 0 amide bonds. The SMILES string of the molecule is COc1ccc(Cl)cc1-c1ccc(P(=O)(O)O)o1. The molecule has 1 aromatic carbocycles. The Kier molecular flexibility index (Phi) is 3.50. The molecule has 0 aliphatic rings. The fraction of sp³-hybridized carbons (Fsp3) is 0.0909. The highest BCUT2D eigenvalue weighted by Crippen LogP contribution is 2.38. The molecule has 0 spiro atoms. The summed E-state index contributed by atoms with van der Waals surface area (Å²) in [7, 11) is -2.91. The van der Waals surface area contributed by atoms with Gasteiger partial charge in [0.2, 0.25) is 5.50 Å². The zero-order valence-electron chi connectivity index (χ0n) is 9.33. The normalized spacial score (nSPS) is 11.6. The molecule has 0 aliphatic heterocycles. The Hall–Kier alpha value is -1.26. The first-order chi connectivity index (χ1) is 8.41. The summed E-state index contributed by atoms with van der Waals surface area (Å²) in [6.07, 6.45) is 0. The van der Waals surface area contributed by atoms with Gasteiger partial charge in [-0.25, -0.2) is 0 Å². The molecule has 18 heavy (non-hydrogen) atoms. The van der Waals surface area contributed by atoms with Gasteiger partial charge in [-0.05, 0) is 30.3 Å². The number of ether oxygens (including phenoxy) is 1. The average molecular weight is 289 g/mol. The fourth-order valence-corrected chi connectivity index (χ4v) is 2.16. The van der Waals surface area contributed by atoms with Crippen LogP contribution in [0.3, 0.4) is 0 Å². The first kappa shape index (κ1) is 13.2. The molecule has 0 radical (unpaired) electrons. The van der Waals surface area contributed by atoms with Crippen molar-refractivity contribution in [2.75, 3.05) is 7.11 Å². The Morgan fingerprint density at radius 2 is 2.00 bits per heavy atom. The Morgan fingerprint density at radius 3 is 2.56 bits per heavy atom. The predicted octanol–water partition coefficient (Wildman–Crippen LogP) is 2.41. The van der Waals surface area contributed by atoms with Crippen molar-refractivity contribution in [3.05, 3.63) is 35.4 Å². The first-order valence-corrected chi connectivity index (χ1v) is 6.90. The molecule has 0 unspecified atom stereocenters. The van der Waals surface area contributed by atoms with Crippen molar-refractivity contribution in [1.82, 2.24) is 0 Å². The van der Waals surface area contributed by atoms with E-state index in [1.54, 1.807) is 18.2 Å². The van der Waals surface area contributed by atoms with E-state index in [4.69, 9.17) is 30.5 Å². The van der Waals surface area contributed by atoms with Crippen molar-refractivity contribution in [3.63, 3.8) is 0 Å². The number of halogens is 1. The Balaban J connectivity index is 2.52. The number of furan rings is 1. The molecule has 0 saturated carbocycles. The van der Waals surface area contributed by atoms with E-state index in [9.17, 15) is 4.57 Å². The summed E-state index contributed by atoms with van der Waals surface area (Å²) in [6.45, 7) is 0. The van der Waals surface area contributed by atoms with E-state index in [1.165, 1.54) is 19.2 Å². The van der Waals surface area contributed by atoms with E-state index in [0.717, 1.165) is 0 Å². The van der Waals surface area contributed by atoms with E-state index >= 15 is 0 Å². The van der Waals surface area contributed by atoms with E-state index in [1.807, 2.05) is 0 Å². The number of hydrogen-bond donors (Lipinski definition) is 2. The summed E-state index contributed by atoms with van der Waals surface area (Å²) in [5.74, 6) is 0.790. The minimum absolute atomic E-state index is 0.285.